The molecule has 3 aromatic rings. The Bertz CT molecular complexity index is 1170. The van der Waals surface area contributed by atoms with Gasteiger partial charge in [-0.25, -0.2) is 4.98 Å². The summed E-state index contributed by atoms with van der Waals surface area (Å²) in [6.07, 6.45) is 0.564. The summed E-state index contributed by atoms with van der Waals surface area (Å²) in [5, 5.41) is 6.17. The summed E-state index contributed by atoms with van der Waals surface area (Å²) in [4.78, 5) is 27.6. The van der Waals surface area contributed by atoms with E-state index in [1.807, 2.05) is 49.4 Å². The average molecular weight is 431 g/mol. The Morgan fingerprint density at radius 3 is 2.78 bits per heavy atom. The van der Waals surface area contributed by atoms with Crippen molar-refractivity contribution in [2.75, 3.05) is 23.8 Å². The number of amides is 2. The van der Waals surface area contributed by atoms with Crippen LogP contribution in [0.3, 0.4) is 0 Å². The molecule has 2 amide bonds. The Balaban J connectivity index is 1.41. The molecule has 0 radical (unpaired) electrons. The number of fused-ring (bicyclic) bond motifs is 1. The highest BCUT2D eigenvalue weighted by Crippen LogP contribution is 2.33. The third kappa shape index (κ3) is 4.72. The van der Waals surface area contributed by atoms with Crippen LogP contribution in [-0.2, 0) is 22.4 Å². The summed E-state index contributed by atoms with van der Waals surface area (Å²) in [6, 6.07) is 15.4. The number of rotatable bonds is 8. The van der Waals surface area contributed by atoms with E-state index in [1.54, 1.807) is 0 Å². The minimum Gasteiger partial charge on any atom is -0.491 e. The monoisotopic (exact) mass is 430 g/mol. The van der Waals surface area contributed by atoms with E-state index in [9.17, 15) is 9.59 Å². The third-order valence-corrected chi connectivity index (χ3v) is 5.42. The fourth-order valence-corrected chi connectivity index (χ4v) is 4.06. The van der Waals surface area contributed by atoms with E-state index in [0.717, 1.165) is 45.0 Å². The Hall–Kier alpha value is -3.87. The zero-order valence-electron chi connectivity index (χ0n) is 18.2. The first-order chi connectivity index (χ1) is 15.4. The molecule has 0 unspecified atom stereocenters. The number of hydrogen-bond donors (Lipinski definition) is 3. The van der Waals surface area contributed by atoms with Gasteiger partial charge in [-0.1, -0.05) is 24.3 Å². The molecule has 0 saturated carbocycles. The highest BCUT2D eigenvalue weighted by atomic mass is 16.5. The molecular formula is C25H26N4O3. The highest BCUT2D eigenvalue weighted by Gasteiger charge is 2.19. The third-order valence-electron chi connectivity index (χ3n) is 5.42. The first kappa shape index (κ1) is 21.4. The van der Waals surface area contributed by atoms with Gasteiger partial charge in [0.15, 0.2) is 0 Å². The Kier molecular flexibility index (Phi) is 6.07. The smallest absolute Gasteiger partial charge is 0.228 e. The summed E-state index contributed by atoms with van der Waals surface area (Å²) >= 11 is 0. The molecule has 1 aromatic heterocycles. The molecule has 0 aliphatic carbocycles. The van der Waals surface area contributed by atoms with E-state index >= 15 is 0 Å². The first-order valence-electron chi connectivity index (χ1n) is 10.5. The van der Waals surface area contributed by atoms with E-state index in [1.165, 1.54) is 0 Å². The Morgan fingerprint density at radius 1 is 1.19 bits per heavy atom. The van der Waals surface area contributed by atoms with E-state index < -0.39 is 0 Å². The van der Waals surface area contributed by atoms with Gasteiger partial charge in [-0.15, -0.1) is 0 Å². The molecule has 7 nitrogen and oxygen atoms in total. The lowest BCUT2D eigenvalue weighted by Gasteiger charge is -2.15. The van der Waals surface area contributed by atoms with Crippen LogP contribution in [0.4, 0.5) is 11.5 Å². The summed E-state index contributed by atoms with van der Waals surface area (Å²) in [5.74, 6) is 1.08. The van der Waals surface area contributed by atoms with Crippen molar-refractivity contribution in [1.29, 1.82) is 0 Å². The number of anilines is 2. The van der Waals surface area contributed by atoms with Crippen molar-refractivity contribution >= 4 is 23.3 Å². The number of ether oxygens (including phenoxy) is 1. The molecule has 4 N–H and O–H groups in total. The zero-order valence-corrected chi connectivity index (χ0v) is 18.2. The minimum atomic E-state index is -0.388. The van der Waals surface area contributed by atoms with Gasteiger partial charge in [0.05, 0.1) is 19.4 Å². The van der Waals surface area contributed by atoms with E-state index in [4.69, 9.17) is 15.5 Å². The number of nitrogens with zero attached hydrogens (tertiary/aromatic N) is 1. The van der Waals surface area contributed by atoms with Gasteiger partial charge in [0.25, 0.3) is 0 Å². The number of benzene rings is 2. The van der Waals surface area contributed by atoms with E-state index in [0.29, 0.717) is 25.3 Å². The van der Waals surface area contributed by atoms with Crippen molar-refractivity contribution in [1.82, 2.24) is 4.98 Å². The van der Waals surface area contributed by atoms with Gasteiger partial charge in [-0.05, 0) is 54.8 Å². The quantitative estimate of drug-likeness (QED) is 0.475. The van der Waals surface area contributed by atoms with Gasteiger partial charge in [0.1, 0.15) is 18.2 Å². The molecule has 2 aromatic carbocycles. The van der Waals surface area contributed by atoms with Crippen molar-refractivity contribution in [3.8, 4) is 16.9 Å². The molecule has 0 bridgehead atoms. The molecular weight excluding hydrogens is 404 g/mol. The normalized spacial score (nSPS) is 12.2. The molecule has 0 spiro atoms. The number of aryl methyl sites for hydroxylation is 2. The summed E-state index contributed by atoms with van der Waals surface area (Å²) < 4.78 is 5.83. The summed E-state index contributed by atoms with van der Waals surface area (Å²) in [6.45, 7) is 5.02. The number of nitrogens with one attached hydrogen (secondary N) is 2. The van der Waals surface area contributed by atoms with E-state index in [2.05, 4.69) is 23.6 Å². The van der Waals surface area contributed by atoms with Crippen LogP contribution >= 0.6 is 0 Å². The van der Waals surface area contributed by atoms with Crippen LogP contribution in [0.15, 0.2) is 48.5 Å². The van der Waals surface area contributed by atoms with E-state index in [-0.39, 0.29) is 18.2 Å². The van der Waals surface area contributed by atoms with Crippen LogP contribution in [0, 0.1) is 13.8 Å². The molecule has 2 heterocycles. The minimum absolute atomic E-state index is 0.0303. The predicted octanol–water partition coefficient (Wildman–Crippen LogP) is 3.38. The van der Waals surface area contributed by atoms with Crippen molar-refractivity contribution < 1.29 is 14.3 Å². The maximum absolute atomic E-state index is 11.6. The van der Waals surface area contributed by atoms with Gasteiger partial charge in [-0.3, -0.25) is 9.59 Å². The number of carbonyl (C=O) groups is 2. The van der Waals surface area contributed by atoms with Crippen LogP contribution < -0.4 is 21.1 Å². The van der Waals surface area contributed by atoms with Crippen LogP contribution in [0.2, 0.25) is 0 Å². The lowest BCUT2D eigenvalue weighted by molar-refractivity contribution is -0.117. The molecule has 0 atom stereocenters. The highest BCUT2D eigenvalue weighted by molar-refractivity contribution is 5.99. The predicted molar refractivity (Wildman–Crippen MR) is 125 cm³/mol. The second kappa shape index (κ2) is 9.09. The average Bonchev–Trinajstić information content (AvgIpc) is 3.11. The molecule has 0 fully saturated rings. The number of hydrogen-bond acceptors (Lipinski definition) is 5. The van der Waals surface area contributed by atoms with Crippen molar-refractivity contribution in [3.05, 3.63) is 70.9 Å². The van der Waals surface area contributed by atoms with Crippen LogP contribution in [0.5, 0.6) is 5.75 Å². The molecule has 4 rings (SSSR count). The number of para-hydroxylation sites is 1. The van der Waals surface area contributed by atoms with Crippen LogP contribution in [0.1, 0.15) is 22.4 Å². The molecule has 1 aliphatic heterocycles. The zero-order chi connectivity index (χ0) is 22.7. The van der Waals surface area contributed by atoms with Crippen molar-refractivity contribution in [2.45, 2.75) is 26.7 Å². The van der Waals surface area contributed by atoms with Gasteiger partial charge in [-0.2, -0.15) is 0 Å². The molecule has 7 heteroatoms. The largest absolute Gasteiger partial charge is 0.491 e. The van der Waals surface area contributed by atoms with Crippen molar-refractivity contribution in [3.63, 3.8) is 0 Å². The maximum Gasteiger partial charge on any atom is 0.228 e. The van der Waals surface area contributed by atoms with Crippen molar-refractivity contribution in [2.24, 2.45) is 5.73 Å². The summed E-state index contributed by atoms with van der Waals surface area (Å²) in [7, 11) is 0. The van der Waals surface area contributed by atoms with Gasteiger partial charge in [0.2, 0.25) is 11.8 Å². The van der Waals surface area contributed by atoms with Gasteiger partial charge >= 0.3 is 0 Å². The Morgan fingerprint density at radius 2 is 2.00 bits per heavy atom. The number of nitrogens with two attached hydrogens (primary N) is 1. The number of aromatic nitrogens is 1. The SMILES string of the molecule is Cc1cc(NCCOc2ccccc2CC(N)=O)nc(C)c1-c1ccc2c(c1)CC(=O)N2. The number of carbonyl (C=O) groups excluding carboxylic acids is 2. The lowest BCUT2D eigenvalue weighted by atomic mass is 9.97. The number of pyridine rings is 1. The first-order valence-corrected chi connectivity index (χ1v) is 10.5. The van der Waals surface area contributed by atoms with Gasteiger partial charge < -0.3 is 21.1 Å². The fourth-order valence-electron chi connectivity index (χ4n) is 4.06. The molecule has 0 saturated heterocycles. The van der Waals surface area contributed by atoms with Gasteiger partial charge in [0, 0.05) is 22.5 Å². The molecule has 32 heavy (non-hydrogen) atoms. The summed E-state index contributed by atoms with van der Waals surface area (Å²) in [5.41, 5.74) is 12.1. The second-order valence-electron chi connectivity index (χ2n) is 7.91. The van der Waals surface area contributed by atoms with Crippen LogP contribution in [-0.4, -0.2) is 29.9 Å². The topological polar surface area (TPSA) is 106 Å². The van der Waals surface area contributed by atoms with Crippen LogP contribution in [0.25, 0.3) is 11.1 Å². The molecule has 164 valence electrons. The fraction of sp³-hybridized carbons (Fsp3) is 0.240. The standard InChI is InChI=1S/C25H26N4O3/c1-15-11-23(27-9-10-32-21-6-4-3-5-17(21)13-22(26)30)28-16(2)25(15)18-7-8-20-19(12-18)14-24(31)29-20/h3-8,11-12H,9-10,13-14H2,1-2H3,(H2,26,30)(H,27,28)(H,29,31). The Labute approximate surface area is 187 Å². The molecule has 1 aliphatic rings. The maximum atomic E-state index is 11.6. The lowest BCUT2D eigenvalue weighted by Crippen LogP contribution is -2.16. The second-order valence-corrected chi connectivity index (χ2v) is 7.91. The number of primary amides is 1.